The van der Waals surface area contributed by atoms with Crippen molar-refractivity contribution in [1.82, 2.24) is 4.90 Å². The van der Waals surface area contributed by atoms with Crippen LogP contribution in [0.2, 0.25) is 0 Å². The largest absolute Gasteiger partial charge is 0.493 e. The number of hydrogen-bond acceptors (Lipinski definition) is 6. The standard InChI is InChI=1S/C22H22N2O4S2/c1-13(25)23-20-7-6-19(30-20)22(26)24-9-8-14-11-16(27-2)17(28-3)12-15(14)21(24)18-5-4-10-29-18/h4-7,10-12,21H,8-9H2,1-3H3,(H,23,25). The van der Waals surface area contributed by atoms with E-state index in [9.17, 15) is 9.59 Å². The van der Waals surface area contributed by atoms with Crippen LogP contribution in [-0.4, -0.2) is 37.5 Å². The smallest absolute Gasteiger partial charge is 0.264 e. The van der Waals surface area contributed by atoms with Gasteiger partial charge in [0.1, 0.15) is 0 Å². The molecule has 3 heterocycles. The number of hydrogen-bond donors (Lipinski definition) is 1. The summed E-state index contributed by atoms with van der Waals surface area (Å²) in [7, 11) is 3.24. The number of ether oxygens (including phenoxy) is 2. The summed E-state index contributed by atoms with van der Waals surface area (Å²) in [6.45, 7) is 2.05. The molecule has 4 rings (SSSR count). The number of carbonyl (C=O) groups is 2. The molecule has 0 radical (unpaired) electrons. The van der Waals surface area contributed by atoms with Crippen molar-refractivity contribution < 1.29 is 19.1 Å². The fraction of sp³-hybridized carbons (Fsp3) is 0.273. The lowest BCUT2D eigenvalue weighted by atomic mass is 9.90. The minimum atomic E-state index is -0.202. The van der Waals surface area contributed by atoms with Crippen LogP contribution in [-0.2, 0) is 11.2 Å². The Balaban J connectivity index is 1.75. The Morgan fingerprint density at radius 1 is 1.13 bits per heavy atom. The van der Waals surface area contributed by atoms with Crippen LogP contribution in [0.25, 0.3) is 0 Å². The zero-order chi connectivity index (χ0) is 21.3. The van der Waals surface area contributed by atoms with Crippen LogP contribution in [0.4, 0.5) is 5.00 Å². The summed E-state index contributed by atoms with van der Waals surface area (Å²) in [5.74, 6) is 1.14. The average molecular weight is 443 g/mol. The second-order valence-corrected chi connectivity index (χ2v) is 8.98. The van der Waals surface area contributed by atoms with E-state index in [1.165, 1.54) is 18.3 Å². The molecule has 0 saturated heterocycles. The molecule has 0 bridgehead atoms. The third kappa shape index (κ3) is 3.80. The molecule has 0 spiro atoms. The fourth-order valence-electron chi connectivity index (χ4n) is 3.75. The number of benzene rings is 1. The molecule has 2 aromatic heterocycles. The second-order valence-electron chi connectivity index (χ2n) is 6.92. The van der Waals surface area contributed by atoms with E-state index in [4.69, 9.17) is 9.47 Å². The quantitative estimate of drug-likeness (QED) is 0.628. The van der Waals surface area contributed by atoms with Gasteiger partial charge in [0.25, 0.3) is 5.91 Å². The normalized spacial score (nSPS) is 15.4. The number of nitrogens with one attached hydrogen (secondary N) is 1. The highest BCUT2D eigenvalue weighted by Gasteiger charge is 2.35. The van der Waals surface area contributed by atoms with Gasteiger partial charge in [0, 0.05) is 18.3 Å². The molecule has 2 amide bonds. The van der Waals surface area contributed by atoms with Crippen molar-refractivity contribution in [3.63, 3.8) is 0 Å². The van der Waals surface area contributed by atoms with Crippen LogP contribution in [0.5, 0.6) is 11.5 Å². The van der Waals surface area contributed by atoms with Crippen molar-refractivity contribution >= 4 is 39.5 Å². The topological polar surface area (TPSA) is 67.9 Å². The molecule has 1 aromatic carbocycles. The zero-order valence-corrected chi connectivity index (χ0v) is 18.6. The monoisotopic (exact) mass is 442 g/mol. The van der Waals surface area contributed by atoms with Gasteiger partial charge < -0.3 is 19.7 Å². The number of rotatable bonds is 5. The van der Waals surface area contributed by atoms with Gasteiger partial charge in [-0.25, -0.2) is 0 Å². The summed E-state index contributed by atoms with van der Waals surface area (Å²) in [5, 5.41) is 5.44. The van der Waals surface area contributed by atoms with E-state index in [0.717, 1.165) is 22.4 Å². The van der Waals surface area contributed by atoms with E-state index >= 15 is 0 Å². The first kappa shape index (κ1) is 20.4. The minimum absolute atomic E-state index is 0.0459. The molecular weight excluding hydrogens is 420 g/mol. The Morgan fingerprint density at radius 2 is 1.90 bits per heavy atom. The SMILES string of the molecule is COc1cc2c(cc1OC)C(c1cccs1)N(C(=O)c1ccc(NC(C)=O)s1)CC2. The highest BCUT2D eigenvalue weighted by atomic mass is 32.1. The van der Waals surface area contributed by atoms with Gasteiger partial charge in [-0.2, -0.15) is 0 Å². The van der Waals surface area contributed by atoms with Gasteiger partial charge in [-0.05, 0) is 53.3 Å². The highest BCUT2D eigenvalue weighted by molar-refractivity contribution is 7.18. The molecule has 0 saturated carbocycles. The first-order chi connectivity index (χ1) is 14.5. The number of methoxy groups -OCH3 is 2. The third-order valence-electron chi connectivity index (χ3n) is 5.06. The van der Waals surface area contributed by atoms with Gasteiger partial charge in [-0.3, -0.25) is 9.59 Å². The summed E-state index contributed by atoms with van der Waals surface area (Å²) in [6, 6.07) is 11.4. The number of carbonyl (C=O) groups excluding carboxylic acids is 2. The van der Waals surface area contributed by atoms with Crippen molar-refractivity contribution in [2.45, 2.75) is 19.4 Å². The molecule has 1 N–H and O–H groups in total. The Morgan fingerprint density at radius 3 is 2.57 bits per heavy atom. The second kappa shape index (κ2) is 8.49. The molecule has 0 aliphatic carbocycles. The maximum atomic E-state index is 13.5. The van der Waals surface area contributed by atoms with Crippen molar-refractivity contribution in [2.75, 3.05) is 26.1 Å². The zero-order valence-electron chi connectivity index (χ0n) is 16.9. The molecular formula is C22H22N2O4S2. The third-order valence-corrected chi connectivity index (χ3v) is 6.98. The Kier molecular flexibility index (Phi) is 5.78. The lowest BCUT2D eigenvalue weighted by Gasteiger charge is -2.37. The molecule has 1 atom stereocenters. The van der Waals surface area contributed by atoms with Gasteiger partial charge in [0.15, 0.2) is 11.5 Å². The van der Waals surface area contributed by atoms with Gasteiger partial charge in [-0.15, -0.1) is 22.7 Å². The molecule has 1 aliphatic heterocycles. The van der Waals surface area contributed by atoms with E-state index in [-0.39, 0.29) is 17.9 Å². The van der Waals surface area contributed by atoms with E-state index in [2.05, 4.69) is 11.4 Å². The molecule has 8 heteroatoms. The highest BCUT2D eigenvalue weighted by Crippen LogP contribution is 2.43. The summed E-state index contributed by atoms with van der Waals surface area (Å²) in [5.41, 5.74) is 2.20. The first-order valence-electron chi connectivity index (χ1n) is 9.48. The molecule has 0 fully saturated rings. The molecule has 156 valence electrons. The van der Waals surface area contributed by atoms with Crippen LogP contribution in [0.3, 0.4) is 0 Å². The average Bonchev–Trinajstić information content (AvgIpc) is 3.43. The van der Waals surface area contributed by atoms with Crippen LogP contribution in [0.15, 0.2) is 41.8 Å². The Bertz CT molecular complexity index is 1080. The van der Waals surface area contributed by atoms with E-state index in [1.807, 2.05) is 28.5 Å². The Labute approximate surface area is 183 Å². The number of fused-ring (bicyclic) bond motifs is 1. The predicted octanol–water partition coefficient (Wildman–Crippen LogP) is 4.57. The van der Waals surface area contributed by atoms with E-state index < -0.39 is 0 Å². The van der Waals surface area contributed by atoms with Crippen LogP contribution in [0, 0.1) is 0 Å². The molecule has 30 heavy (non-hydrogen) atoms. The van der Waals surface area contributed by atoms with Crippen molar-refractivity contribution in [1.29, 1.82) is 0 Å². The van der Waals surface area contributed by atoms with Crippen molar-refractivity contribution in [2.24, 2.45) is 0 Å². The van der Waals surface area contributed by atoms with Gasteiger partial charge in [0.2, 0.25) is 5.91 Å². The number of amides is 2. The van der Waals surface area contributed by atoms with E-state index in [0.29, 0.717) is 27.9 Å². The summed E-state index contributed by atoms with van der Waals surface area (Å²) in [6.07, 6.45) is 0.729. The molecule has 3 aromatic rings. The number of anilines is 1. The van der Waals surface area contributed by atoms with Crippen molar-refractivity contribution in [3.05, 3.63) is 62.7 Å². The van der Waals surface area contributed by atoms with E-state index in [1.54, 1.807) is 37.7 Å². The van der Waals surface area contributed by atoms with Crippen LogP contribution >= 0.6 is 22.7 Å². The van der Waals surface area contributed by atoms with Crippen molar-refractivity contribution in [3.8, 4) is 11.5 Å². The van der Waals surface area contributed by atoms with Crippen LogP contribution < -0.4 is 14.8 Å². The maximum Gasteiger partial charge on any atom is 0.264 e. The number of thiophene rings is 2. The van der Waals surface area contributed by atoms with Gasteiger partial charge in [0.05, 0.1) is 30.1 Å². The maximum absolute atomic E-state index is 13.5. The molecule has 1 unspecified atom stereocenters. The Hall–Kier alpha value is -2.84. The number of nitrogens with zero attached hydrogens (tertiary/aromatic N) is 1. The fourth-order valence-corrected chi connectivity index (χ4v) is 5.52. The van der Waals surface area contributed by atoms with Gasteiger partial charge >= 0.3 is 0 Å². The molecule has 6 nitrogen and oxygen atoms in total. The van der Waals surface area contributed by atoms with Crippen LogP contribution in [0.1, 0.15) is 38.6 Å². The first-order valence-corrected chi connectivity index (χ1v) is 11.2. The lowest BCUT2D eigenvalue weighted by molar-refractivity contribution is -0.114. The van der Waals surface area contributed by atoms with Gasteiger partial charge in [-0.1, -0.05) is 6.07 Å². The summed E-state index contributed by atoms with van der Waals surface area (Å²) in [4.78, 5) is 28.4. The summed E-state index contributed by atoms with van der Waals surface area (Å²) < 4.78 is 11.0. The summed E-state index contributed by atoms with van der Waals surface area (Å²) >= 11 is 2.92. The molecule has 1 aliphatic rings. The lowest BCUT2D eigenvalue weighted by Crippen LogP contribution is -2.40. The predicted molar refractivity (Wildman–Crippen MR) is 119 cm³/mol. The minimum Gasteiger partial charge on any atom is -0.493 e.